The van der Waals surface area contributed by atoms with E-state index in [1.54, 1.807) is 36.4 Å². The third kappa shape index (κ3) is 4.98. The highest BCUT2D eigenvalue weighted by atomic mass is 19.1. The highest BCUT2D eigenvalue weighted by Crippen LogP contribution is 2.46. The number of anilines is 2. The topological polar surface area (TPSA) is 181 Å². The van der Waals surface area contributed by atoms with Gasteiger partial charge in [-0.2, -0.15) is 9.97 Å². The Kier molecular flexibility index (Phi) is 7.61. The van der Waals surface area contributed by atoms with E-state index in [0.29, 0.717) is 38.7 Å². The van der Waals surface area contributed by atoms with Crippen LogP contribution < -0.4 is 11.5 Å². The highest BCUT2D eigenvalue weighted by Gasteiger charge is 2.31. The molecule has 0 saturated carbocycles. The largest absolute Gasteiger partial charge is 0.370 e. The Morgan fingerprint density at radius 2 is 0.846 bits per heavy atom. The summed E-state index contributed by atoms with van der Waals surface area (Å²) in [5, 5.41) is 2.05. The van der Waals surface area contributed by atoms with Gasteiger partial charge in [0, 0.05) is 43.8 Å². The van der Waals surface area contributed by atoms with Crippen LogP contribution in [0.15, 0.2) is 60.7 Å². The Balaban J connectivity index is 0.000000133. The molecule has 7 aromatic rings. The fourth-order valence-electron chi connectivity index (χ4n) is 5.75. The Hall–Kier alpha value is -8.34. The summed E-state index contributed by atoms with van der Waals surface area (Å²) >= 11 is 0. The number of halogens is 2. The first-order valence-corrected chi connectivity index (χ1v) is 14.6. The van der Waals surface area contributed by atoms with E-state index in [9.17, 15) is 18.4 Å². The van der Waals surface area contributed by atoms with Crippen LogP contribution in [0.5, 0.6) is 0 Å². The van der Waals surface area contributed by atoms with Crippen LogP contribution in [-0.4, -0.2) is 41.5 Å². The van der Waals surface area contributed by atoms with Crippen molar-refractivity contribution < 1.29 is 18.4 Å². The molecule has 2 aliphatic rings. The Bertz CT molecular complexity index is 2830. The molecule has 244 valence electrons. The van der Waals surface area contributed by atoms with E-state index in [1.165, 1.54) is 18.2 Å². The Labute approximate surface area is 290 Å². The van der Waals surface area contributed by atoms with E-state index < -0.39 is 17.4 Å². The average molecular weight is 685 g/mol. The number of nitrogen functional groups attached to an aromatic ring is 2. The Morgan fingerprint density at radius 3 is 1.31 bits per heavy atom. The summed E-state index contributed by atoms with van der Waals surface area (Å²) in [7, 11) is 0. The number of nitrogens with two attached hydrogens (primary N) is 2. The fourth-order valence-corrected chi connectivity index (χ4v) is 5.75. The summed E-state index contributed by atoms with van der Waals surface area (Å²) in [6.45, 7) is 27.5. The first kappa shape index (κ1) is 32.2. The van der Waals surface area contributed by atoms with Gasteiger partial charge in [0.15, 0.2) is 0 Å². The van der Waals surface area contributed by atoms with Gasteiger partial charge in [0.25, 0.3) is 34.9 Å². The number of benzene rings is 4. The first-order chi connectivity index (χ1) is 25.1. The van der Waals surface area contributed by atoms with Gasteiger partial charge in [-0.1, -0.05) is 62.7 Å². The molecule has 16 heteroatoms. The highest BCUT2D eigenvalue weighted by molar-refractivity contribution is 6.57. The molecule has 0 amide bonds. The van der Waals surface area contributed by atoms with E-state index >= 15 is 0 Å². The van der Waals surface area contributed by atoms with Gasteiger partial charge in [-0.3, -0.25) is 9.59 Å². The molecule has 0 radical (unpaired) electrons. The SMILES string of the molecule is O=C1C(=O)c2ccc(F)c3cccc1c23.[C-]#[N+]c1nc(N)c(N)nc1[N+]#[C-].[C-]#[N+]c1nc2nc3c(nc2nc1[N+]#[C-])-c1ccc(F)c2cccc-3c12. The second-order valence-electron chi connectivity index (χ2n) is 10.8. The maximum atomic E-state index is 14.1. The quantitative estimate of drug-likeness (QED) is 0.119. The second-order valence-corrected chi connectivity index (χ2v) is 10.8. The summed E-state index contributed by atoms with van der Waals surface area (Å²) < 4.78 is 27.5. The number of carbonyl (C=O) groups excluding carboxylic acids is 2. The van der Waals surface area contributed by atoms with Crippen molar-refractivity contribution in [3.05, 3.63) is 129 Å². The molecule has 0 spiro atoms. The number of Topliss-reactive ketones (excluding diaryl/α,β-unsaturated/α-hetero) is 2. The van der Waals surface area contributed by atoms with Gasteiger partial charge in [-0.05, 0) is 24.3 Å². The van der Waals surface area contributed by atoms with Crippen molar-refractivity contribution in [2.75, 3.05) is 11.5 Å². The maximum Gasteiger partial charge on any atom is 0.316 e. The zero-order valence-corrected chi connectivity index (χ0v) is 26.0. The number of fused-ring (bicyclic) bond motifs is 4. The smallest absolute Gasteiger partial charge is 0.316 e. The van der Waals surface area contributed by atoms with Crippen LogP contribution in [-0.2, 0) is 0 Å². The zero-order chi connectivity index (χ0) is 36.8. The average Bonchev–Trinajstić information content (AvgIpc) is 3.61. The molecule has 0 aliphatic heterocycles. The standard InChI is InChI=1S/C18H5FN6.C12H5FO2.C6H4N6/c1-20-15-16(21-2)25-18-17(24-15)22-13-9-5-3-4-8-11(19)7-6-10(12(8)9)14(13)23-18;13-9-5-4-8-10-6(9)2-1-3-7(10)11(14)12(8)15;1-9-5-6(10-2)12-4(8)3(7)11-5/h3-7H;1-5H;(H2,7,11)(H2,8,12). The van der Waals surface area contributed by atoms with Gasteiger partial charge in [-0.25, -0.2) is 8.78 Å². The number of aromatic nitrogens is 6. The number of rotatable bonds is 0. The molecule has 0 unspecified atom stereocenters. The molecule has 4 N–H and O–H groups in total. The number of hydrogen-bond donors (Lipinski definition) is 2. The van der Waals surface area contributed by atoms with Crippen LogP contribution in [0.1, 0.15) is 20.7 Å². The van der Waals surface area contributed by atoms with Crippen LogP contribution in [0.25, 0.3) is 74.7 Å². The van der Waals surface area contributed by atoms with Crippen molar-refractivity contribution >= 4 is 79.3 Å². The van der Waals surface area contributed by atoms with Crippen molar-refractivity contribution in [1.29, 1.82) is 0 Å². The van der Waals surface area contributed by atoms with Gasteiger partial charge in [0.2, 0.25) is 11.6 Å². The molecule has 3 heterocycles. The molecule has 0 bridgehead atoms. The molecule has 0 atom stereocenters. The van der Waals surface area contributed by atoms with E-state index in [0.717, 1.165) is 16.5 Å². The maximum absolute atomic E-state index is 14.1. The molecular formula is C36H14F2N12O2. The number of nitrogens with zero attached hydrogens (tertiary/aromatic N) is 10. The van der Waals surface area contributed by atoms with Crippen LogP contribution in [0.4, 0.5) is 43.7 Å². The number of hydrogen-bond acceptors (Lipinski definition) is 10. The summed E-state index contributed by atoms with van der Waals surface area (Å²) in [5.41, 5.74) is 14.3. The number of ketones is 2. The predicted octanol–water partition coefficient (Wildman–Crippen LogP) is 7.56. The normalized spacial score (nSPS) is 11.4. The molecule has 0 fully saturated rings. The van der Waals surface area contributed by atoms with Gasteiger partial charge >= 0.3 is 11.3 Å². The van der Waals surface area contributed by atoms with Crippen LogP contribution in [0.3, 0.4) is 0 Å². The van der Waals surface area contributed by atoms with E-state index in [-0.39, 0.29) is 52.0 Å². The second kappa shape index (κ2) is 12.3. The third-order valence-electron chi connectivity index (χ3n) is 8.00. The molecular weight excluding hydrogens is 670 g/mol. The molecule has 3 aromatic heterocycles. The lowest BCUT2D eigenvalue weighted by Gasteiger charge is -2.01. The molecule has 14 nitrogen and oxygen atoms in total. The predicted molar refractivity (Wildman–Crippen MR) is 185 cm³/mol. The van der Waals surface area contributed by atoms with Crippen molar-refractivity contribution in [2.24, 2.45) is 0 Å². The van der Waals surface area contributed by atoms with Crippen molar-refractivity contribution in [1.82, 2.24) is 29.9 Å². The minimum Gasteiger partial charge on any atom is -0.370 e. The fraction of sp³-hybridized carbons (Fsp3) is 0. The molecule has 0 saturated heterocycles. The van der Waals surface area contributed by atoms with Crippen molar-refractivity contribution in [3.63, 3.8) is 0 Å². The monoisotopic (exact) mass is 684 g/mol. The summed E-state index contributed by atoms with van der Waals surface area (Å²) in [5.74, 6) is -2.26. The molecule has 9 rings (SSSR count). The minimum atomic E-state index is -0.541. The Morgan fingerprint density at radius 1 is 0.481 bits per heavy atom. The molecule has 52 heavy (non-hydrogen) atoms. The molecule has 2 aliphatic carbocycles. The van der Waals surface area contributed by atoms with Crippen LogP contribution in [0, 0.1) is 37.9 Å². The van der Waals surface area contributed by atoms with E-state index in [2.05, 4.69) is 49.3 Å². The van der Waals surface area contributed by atoms with Gasteiger partial charge in [-0.15, -0.1) is 19.9 Å². The minimum absolute atomic E-state index is 0.0200. The number of carbonyl (C=O) groups is 2. The summed E-state index contributed by atoms with van der Waals surface area (Å²) in [6.07, 6.45) is 0. The molecule has 4 aromatic carbocycles. The first-order valence-electron chi connectivity index (χ1n) is 14.6. The van der Waals surface area contributed by atoms with Crippen molar-refractivity contribution in [3.8, 4) is 22.5 Å². The van der Waals surface area contributed by atoms with Crippen molar-refractivity contribution in [2.45, 2.75) is 0 Å². The van der Waals surface area contributed by atoms with Crippen LogP contribution in [0.2, 0.25) is 0 Å². The van der Waals surface area contributed by atoms with Gasteiger partial charge in [0.05, 0.1) is 0 Å². The van der Waals surface area contributed by atoms with Crippen LogP contribution >= 0.6 is 0 Å². The summed E-state index contributed by atoms with van der Waals surface area (Å²) in [6, 6.07) is 15.7. The lowest BCUT2D eigenvalue weighted by molar-refractivity contribution is 0.0825. The third-order valence-corrected chi connectivity index (χ3v) is 8.00. The van der Waals surface area contributed by atoms with Gasteiger partial charge in [0.1, 0.15) is 23.0 Å². The lowest BCUT2D eigenvalue weighted by atomic mass is 10.0. The van der Waals surface area contributed by atoms with Gasteiger partial charge < -0.3 is 30.8 Å². The lowest BCUT2D eigenvalue weighted by Crippen LogP contribution is -2.05. The van der Waals surface area contributed by atoms with E-state index in [4.69, 9.17) is 37.8 Å². The van der Waals surface area contributed by atoms with E-state index in [1.807, 2.05) is 6.07 Å². The summed E-state index contributed by atoms with van der Waals surface area (Å²) in [4.78, 5) is 59.8. The zero-order valence-electron chi connectivity index (χ0n) is 26.0.